The fourth-order valence-electron chi connectivity index (χ4n) is 4.69. The Bertz CT molecular complexity index is 1190. The Hall–Kier alpha value is -2.80. The number of allylic oxidation sites excluding steroid dienone is 1. The topological polar surface area (TPSA) is 37.8 Å². The minimum Gasteiger partial charge on any atom is -0.497 e. The molecule has 0 amide bonds. The molecule has 2 aliphatic heterocycles. The van der Waals surface area contributed by atoms with E-state index in [4.69, 9.17) is 9.47 Å². The van der Waals surface area contributed by atoms with E-state index in [1.54, 1.807) is 7.11 Å². The molecule has 0 saturated carbocycles. The summed E-state index contributed by atoms with van der Waals surface area (Å²) in [5, 5.41) is 0. The minimum absolute atomic E-state index is 0.484. The highest BCUT2D eigenvalue weighted by Gasteiger charge is 2.21. The third-order valence-electron chi connectivity index (χ3n) is 6.70. The van der Waals surface area contributed by atoms with Crippen LogP contribution in [0.4, 0.5) is 0 Å². The summed E-state index contributed by atoms with van der Waals surface area (Å²) in [5.74, 6) is 1.73. The van der Waals surface area contributed by atoms with E-state index in [0.717, 1.165) is 73.9 Å². The summed E-state index contributed by atoms with van der Waals surface area (Å²) < 4.78 is 14.1. The smallest absolute Gasteiger partial charge is 0.131 e. The van der Waals surface area contributed by atoms with Crippen LogP contribution >= 0.6 is 11.9 Å². The largest absolute Gasteiger partial charge is 0.497 e. The van der Waals surface area contributed by atoms with Gasteiger partial charge in [0.2, 0.25) is 0 Å². The Kier molecular flexibility index (Phi) is 7.72. The fourth-order valence-corrected chi connectivity index (χ4v) is 5.66. The number of aryl methyl sites for hydroxylation is 1. The van der Waals surface area contributed by atoms with Crippen LogP contribution in [0.15, 0.2) is 71.8 Å². The minimum atomic E-state index is 0.484. The second-order valence-corrected chi connectivity index (χ2v) is 10.2. The van der Waals surface area contributed by atoms with Crippen LogP contribution in [0.25, 0.3) is 5.57 Å². The molecule has 3 heterocycles. The Morgan fingerprint density at radius 3 is 2.71 bits per heavy atom. The molecule has 0 bridgehead atoms. The van der Waals surface area contributed by atoms with Crippen LogP contribution in [-0.2, 0) is 6.61 Å². The molecule has 1 saturated heterocycles. The number of fused-ring (bicyclic) bond motifs is 2. The van der Waals surface area contributed by atoms with Gasteiger partial charge < -0.3 is 14.4 Å². The number of ether oxygens (including phenoxy) is 2. The van der Waals surface area contributed by atoms with E-state index in [-0.39, 0.29) is 0 Å². The molecule has 0 N–H and O–H groups in total. The van der Waals surface area contributed by atoms with E-state index in [0.29, 0.717) is 6.61 Å². The first-order valence-corrected chi connectivity index (χ1v) is 13.1. The molecule has 6 heteroatoms. The van der Waals surface area contributed by atoms with E-state index in [1.165, 1.54) is 16.0 Å². The second-order valence-electron chi connectivity index (χ2n) is 9.04. The normalized spacial score (nSPS) is 17.4. The number of methoxy groups -OCH3 is 1. The van der Waals surface area contributed by atoms with Crippen LogP contribution in [0.3, 0.4) is 0 Å². The van der Waals surface area contributed by atoms with Gasteiger partial charge in [-0.3, -0.25) is 4.98 Å². The van der Waals surface area contributed by atoms with Crippen LogP contribution in [0.5, 0.6) is 11.5 Å². The Morgan fingerprint density at radius 1 is 1.03 bits per heavy atom. The van der Waals surface area contributed by atoms with Crippen LogP contribution in [0.2, 0.25) is 0 Å². The highest BCUT2D eigenvalue weighted by atomic mass is 32.2. The number of benzene rings is 2. The first-order chi connectivity index (χ1) is 17.2. The number of nitrogens with zero attached hydrogens (tertiary/aromatic N) is 3. The number of piperazine rings is 1. The van der Waals surface area contributed by atoms with Crippen LogP contribution in [-0.4, -0.2) is 54.0 Å². The molecule has 1 aromatic heterocycles. The number of pyridine rings is 1. The molecule has 0 radical (unpaired) electrons. The third-order valence-corrected chi connectivity index (χ3v) is 7.98. The molecule has 2 aliphatic rings. The van der Waals surface area contributed by atoms with Gasteiger partial charge in [-0.15, -0.1) is 0 Å². The van der Waals surface area contributed by atoms with E-state index >= 15 is 0 Å². The standard InChI is InChI=1S/C29H33N3O2S/c1-22-8-3-4-11-29(22)35-32-18-16-31(17-19-32)15-6-5-9-24-25-10-7-14-30-27(25)21-34-28-13-12-23(33-2)20-26(24)28/h3-4,7-14,20H,5-6,15-19,21H2,1-2H3/b24-9+. The molecule has 182 valence electrons. The lowest BCUT2D eigenvalue weighted by atomic mass is 9.95. The van der Waals surface area contributed by atoms with Crippen molar-refractivity contribution >= 4 is 17.5 Å². The van der Waals surface area contributed by atoms with Crippen molar-refractivity contribution in [1.82, 2.24) is 14.2 Å². The summed E-state index contributed by atoms with van der Waals surface area (Å²) in [5.41, 5.74) is 5.77. The quantitative estimate of drug-likeness (QED) is 0.308. The lowest BCUT2D eigenvalue weighted by molar-refractivity contribution is 0.195. The zero-order valence-corrected chi connectivity index (χ0v) is 21.4. The maximum Gasteiger partial charge on any atom is 0.131 e. The number of aromatic nitrogens is 1. The zero-order valence-electron chi connectivity index (χ0n) is 20.6. The van der Waals surface area contributed by atoms with E-state index in [1.807, 2.05) is 36.3 Å². The summed E-state index contributed by atoms with van der Waals surface area (Å²) in [7, 11) is 1.71. The molecule has 2 aromatic carbocycles. The van der Waals surface area contributed by atoms with Crippen LogP contribution < -0.4 is 9.47 Å². The number of unbranched alkanes of at least 4 members (excludes halogenated alkanes) is 1. The van der Waals surface area contributed by atoms with Crippen molar-refractivity contribution in [1.29, 1.82) is 0 Å². The molecule has 0 atom stereocenters. The first-order valence-electron chi connectivity index (χ1n) is 12.4. The highest BCUT2D eigenvalue weighted by Crippen LogP contribution is 2.38. The van der Waals surface area contributed by atoms with Crippen LogP contribution in [0.1, 0.15) is 35.2 Å². The predicted molar refractivity (Wildman–Crippen MR) is 143 cm³/mol. The van der Waals surface area contributed by atoms with Crippen LogP contribution in [0, 0.1) is 6.92 Å². The van der Waals surface area contributed by atoms with E-state index in [9.17, 15) is 0 Å². The van der Waals surface area contributed by atoms with Gasteiger partial charge >= 0.3 is 0 Å². The summed E-state index contributed by atoms with van der Waals surface area (Å²) in [6.07, 6.45) is 6.34. The van der Waals surface area contributed by atoms with Gasteiger partial charge in [0.25, 0.3) is 0 Å². The molecule has 3 aromatic rings. The van der Waals surface area contributed by atoms with Crippen molar-refractivity contribution in [2.75, 3.05) is 39.8 Å². The summed E-state index contributed by atoms with van der Waals surface area (Å²) >= 11 is 1.90. The second kappa shape index (κ2) is 11.3. The maximum absolute atomic E-state index is 6.09. The molecular weight excluding hydrogens is 454 g/mol. The first kappa shape index (κ1) is 23.9. The molecule has 5 rings (SSSR count). The van der Waals surface area contributed by atoms with Crippen molar-refractivity contribution < 1.29 is 9.47 Å². The monoisotopic (exact) mass is 487 g/mol. The van der Waals surface area contributed by atoms with Crippen molar-refractivity contribution in [3.63, 3.8) is 0 Å². The molecule has 35 heavy (non-hydrogen) atoms. The molecule has 0 aliphatic carbocycles. The lowest BCUT2D eigenvalue weighted by Crippen LogP contribution is -2.43. The van der Waals surface area contributed by atoms with Gasteiger partial charge in [0.1, 0.15) is 18.1 Å². The number of rotatable bonds is 7. The van der Waals surface area contributed by atoms with Gasteiger partial charge in [0.05, 0.1) is 12.8 Å². The Balaban J connectivity index is 1.20. The van der Waals surface area contributed by atoms with Gasteiger partial charge in [0.15, 0.2) is 0 Å². The summed E-state index contributed by atoms with van der Waals surface area (Å²) in [4.78, 5) is 8.55. The Labute approximate surface area is 212 Å². The molecule has 0 unspecified atom stereocenters. The summed E-state index contributed by atoms with van der Waals surface area (Å²) in [6, 6.07) is 18.8. The van der Waals surface area contributed by atoms with E-state index < -0.39 is 0 Å². The fraction of sp³-hybridized carbons (Fsp3) is 0.345. The van der Waals surface area contributed by atoms with Crippen molar-refractivity contribution in [2.24, 2.45) is 0 Å². The molecule has 1 fully saturated rings. The summed E-state index contributed by atoms with van der Waals surface area (Å²) in [6.45, 7) is 8.24. The van der Waals surface area contributed by atoms with Gasteiger partial charge in [-0.25, -0.2) is 4.31 Å². The average molecular weight is 488 g/mol. The highest BCUT2D eigenvalue weighted by molar-refractivity contribution is 7.97. The number of hydrogen-bond donors (Lipinski definition) is 0. The van der Waals surface area contributed by atoms with Gasteiger partial charge in [0, 0.05) is 48.4 Å². The third kappa shape index (κ3) is 5.72. The lowest BCUT2D eigenvalue weighted by Gasteiger charge is -2.34. The zero-order chi connectivity index (χ0) is 24.0. The van der Waals surface area contributed by atoms with Gasteiger partial charge in [-0.05, 0) is 79.7 Å². The average Bonchev–Trinajstić information content (AvgIpc) is 3.05. The van der Waals surface area contributed by atoms with Crippen molar-refractivity contribution in [3.8, 4) is 11.5 Å². The molecule has 5 nitrogen and oxygen atoms in total. The SMILES string of the molecule is COc1ccc2c(c1)/C(=C/CCCN1CCN(Sc3ccccc3C)CC1)c1cccnc1CO2. The van der Waals surface area contributed by atoms with Gasteiger partial charge in [-0.2, -0.15) is 0 Å². The maximum atomic E-state index is 6.09. The molecular formula is C29H33N3O2S. The van der Waals surface area contributed by atoms with Gasteiger partial charge in [-0.1, -0.05) is 30.3 Å². The van der Waals surface area contributed by atoms with Crippen molar-refractivity contribution in [2.45, 2.75) is 31.3 Å². The molecule has 0 spiro atoms. The Morgan fingerprint density at radius 2 is 1.89 bits per heavy atom. The van der Waals surface area contributed by atoms with Crippen molar-refractivity contribution in [3.05, 3.63) is 89.3 Å². The predicted octanol–water partition coefficient (Wildman–Crippen LogP) is 5.83. The number of hydrogen-bond acceptors (Lipinski definition) is 6. The van der Waals surface area contributed by atoms with E-state index in [2.05, 4.69) is 63.6 Å².